The Morgan fingerprint density at radius 2 is 2.00 bits per heavy atom. The zero-order valence-electron chi connectivity index (χ0n) is 11.9. The molecule has 0 aromatic rings. The van der Waals surface area contributed by atoms with E-state index >= 15 is 0 Å². The topological polar surface area (TPSA) is 58.7 Å². The van der Waals surface area contributed by atoms with Crippen LogP contribution >= 0.6 is 0 Å². The number of hydrogen-bond donors (Lipinski definition) is 2. The average Bonchev–Trinajstić information content (AvgIpc) is 2.15. The summed E-state index contributed by atoms with van der Waals surface area (Å²) in [5.41, 5.74) is 6.13. The van der Waals surface area contributed by atoms with Gasteiger partial charge in [0.15, 0.2) is 0 Å². The van der Waals surface area contributed by atoms with E-state index in [1.165, 1.54) is 0 Å². The van der Waals surface area contributed by atoms with E-state index in [2.05, 4.69) is 39.5 Å². The zero-order valence-corrected chi connectivity index (χ0v) is 11.9. The standard InChI is InChI=1S/C13H28N2O2/c1-12(2,3)11(14)10(8-16)15-6-7-17-13(4,5)9-15/h10-11,16H,6-9,14H2,1-5H3. The van der Waals surface area contributed by atoms with Gasteiger partial charge in [0.1, 0.15) is 0 Å². The van der Waals surface area contributed by atoms with Gasteiger partial charge in [-0.3, -0.25) is 4.90 Å². The van der Waals surface area contributed by atoms with E-state index in [0.717, 1.165) is 13.1 Å². The molecule has 1 fully saturated rings. The lowest BCUT2D eigenvalue weighted by Crippen LogP contribution is -2.61. The van der Waals surface area contributed by atoms with Crippen LogP contribution in [-0.4, -0.2) is 54.0 Å². The molecular weight excluding hydrogens is 216 g/mol. The van der Waals surface area contributed by atoms with Crippen molar-refractivity contribution in [2.24, 2.45) is 11.1 Å². The summed E-state index contributed by atoms with van der Waals surface area (Å²) in [6.07, 6.45) is 0. The number of rotatable bonds is 3. The fraction of sp³-hybridized carbons (Fsp3) is 1.00. The third-order valence-corrected chi connectivity index (χ3v) is 3.53. The second-order valence-electron chi connectivity index (χ2n) is 6.72. The molecule has 2 unspecified atom stereocenters. The number of morpholine rings is 1. The molecule has 1 rings (SSSR count). The molecular formula is C13H28N2O2. The average molecular weight is 244 g/mol. The molecule has 4 heteroatoms. The molecule has 0 aromatic heterocycles. The summed E-state index contributed by atoms with van der Waals surface area (Å²) >= 11 is 0. The zero-order chi connectivity index (χ0) is 13.3. The molecule has 3 N–H and O–H groups in total. The van der Waals surface area contributed by atoms with E-state index in [-0.39, 0.29) is 29.7 Å². The minimum atomic E-state index is -0.150. The van der Waals surface area contributed by atoms with Gasteiger partial charge in [-0.25, -0.2) is 0 Å². The lowest BCUT2D eigenvalue weighted by atomic mass is 9.82. The molecule has 0 bridgehead atoms. The lowest BCUT2D eigenvalue weighted by molar-refractivity contribution is -0.108. The van der Waals surface area contributed by atoms with Crippen molar-refractivity contribution >= 4 is 0 Å². The molecule has 102 valence electrons. The second kappa shape index (κ2) is 5.22. The normalized spacial score (nSPS) is 25.6. The molecule has 2 atom stereocenters. The van der Waals surface area contributed by atoms with Crippen molar-refractivity contribution in [1.29, 1.82) is 0 Å². The fourth-order valence-corrected chi connectivity index (χ4v) is 2.37. The van der Waals surface area contributed by atoms with Crippen molar-refractivity contribution in [2.75, 3.05) is 26.3 Å². The predicted molar refractivity (Wildman–Crippen MR) is 69.9 cm³/mol. The largest absolute Gasteiger partial charge is 0.395 e. The summed E-state index contributed by atoms with van der Waals surface area (Å²) in [7, 11) is 0. The van der Waals surface area contributed by atoms with E-state index in [9.17, 15) is 5.11 Å². The van der Waals surface area contributed by atoms with Crippen LogP contribution in [0.1, 0.15) is 34.6 Å². The Morgan fingerprint density at radius 3 is 2.41 bits per heavy atom. The summed E-state index contributed by atoms with van der Waals surface area (Å²) in [6, 6.07) is -0.0282. The van der Waals surface area contributed by atoms with E-state index in [4.69, 9.17) is 10.5 Å². The minimum absolute atomic E-state index is 0.00412. The van der Waals surface area contributed by atoms with Crippen LogP contribution in [-0.2, 0) is 4.74 Å². The Labute approximate surface area is 105 Å². The Kier molecular flexibility index (Phi) is 4.58. The predicted octanol–water partition coefficient (Wildman–Crippen LogP) is 0.832. The maximum atomic E-state index is 9.62. The van der Waals surface area contributed by atoms with Gasteiger partial charge in [0.25, 0.3) is 0 Å². The van der Waals surface area contributed by atoms with Crippen LogP contribution in [0.4, 0.5) is 0 Å². The Hall–Kier alpha value is -0.160. The van der Waals surface area contributed by atoms with Crippen LogP contribution in [0.25, 0.3) is 0 Å². The maximum Gasteiger partial charge on any atom is 0.0753 e. The number of hydrogen-bond acceptors (Lipinski definition) is 4. The van der Waals surface area contributed by atoms with Crippen molar-refractivity contribution in [3.63, 3.8) is 0 Å². The third-order valence-electron chi connectivity index (χ3n) is 3.53. The van der Waals surface area contributed by atoms with Crippen LogP contribution in [0, 0.1) is 5.41 Å². The van der Waals surface area contributed by atoms with Gasteiger partial charge in [-0.1, -0.05) is 20.8 Å². The van der Waals surface area contributed by atoms with Crippen LogP contribution in [0.2, 0.25) is 0 Å². The molecule has 0 radical (unpaired) electrons. The lowest BCUT2D eigenvalue weighted by Gasteiger charge is -2.46. The molecule has 1 heterocycles. The number of aliphatic hydroxyl groups is 1. The van der Waals surface area contributed by atoms with Gasteiger partial charge in [-0.2, -0.15) is 0 Å². The third kappa shape index (κ3) is 3.91. The first-order valence-electron chi connectivity index (χ1n) is 6.42. The molecule has 4 nitrogen and oxygen atoms in total. The highest BCUT2D eigenvalue weighted by atomic mass is 16.5. The number of ether oxygens (including phenoxy) is 1. The van der Waals surface area contributed by atoms with Crippen molar-refractivity contribution in [1.82, 2.24) is 4.90 Å². The molecule has 0 saturated carbocycles. The Morgan fingerprint density at radius 1 is 1.41 bits per heavy atom. The van der Waals surface area contributed by atoms with Gasteiger partial charge in [0.05, 0.1) is 18.8 Å². The molecule has 1 aliphatic rings. The van der Waals surface area contributed by atoms with E-state index in [1.54, 1.807) is 0 Å². The Bertz CT molecular complexity index is 248. The monoisotopic (exact) mass is 244 g/mol. The van der Waals surface area contributed by atoms with E-state index < -0.39 is 0 Å². The SMILES string of the molecule is CC1(C)CN(C(CO)C(N)C(C)(C)C)CCO1. The quantitative estimate of drug-likeness (QED) is 0.772. The van der Waals surface area contributed by atoms with Crippen LogP contribution < -0.4 is 5.73 Å². The van der Waals surface area contributed by atoms with Crippen molar-refractivity contribution in [2.45, 2.75) is 52.3 Å². The van der Waals surface area contributed by atoms with Gasteiger partial charge in [0.2, 0.25) is 0 Å². The highest BCUT2D eigenvalue weighted by Gasteiger charge is 2.37. The highest BCUT2D eigenvalue weighted by Crippen LogP contribution is 2.26. The number of nitrogens with two attached hydrogens (primary N) is 1. The summed E-state index contributed by atoms with van der Waals surface area (Å²) in [6.45, 7) is 13.0. The van der Waals surface area contributed by atoms with Crippen molar-refractivity contribution in [3.8, 4) is 0 Å². The van der Waals surface area contributed by atoms with Gasteiger partial charge in [-0.05, 0) is 19.3 Å². The minimum Gasteiger partial charge on any atom is -0.395 e. The molecule has 0 amide bonds. The summed E-state index contributed by atoms with van der Waals surface area (Å²) in [5, 5.41) is 9.62. The van der Waals surface area contributed by atoms with Gasteiger partial charge < -0.3 is 15.6 Å². The summed E-state index contributed by atoms with van der Waals surface area (Å²) in [5.74, 6) is 0. The first kappa shape index (κ1) is 14.9. The summed E-state index contributed by atoms with van der Waals surface area (Å²) < 4.78 is 5.69. The van der Waals surface area contributed by atoms with Crippen LogP contribution in [0.15, 0.2) is 0 Å². The first-order valence-corrected chi connectivity index (χ1v) is 6.42. The van der Waals surface area contributed by atoms with Crippen molar-refractivity contribution < 1.29 is 9.84 Å². The molecule has 17 heavy (non-hydrogen) atoms. The van der Waals surface area contributed by atoms with Gasteiger partial charge in [0, 0.05) is 25.2 Å². The Balaban J connectivity index is 2.74. The van der Waals surface area contributed by atoms with Crippen LogP contribution in [0.3, 0.4) is 0 Å². The van der Waals surface area contributed by atoms with Gasteiger partial charge in [-0.15, -0.1) is 0 Å². The van der Waals surface area contributed by atoms with E-state index in [0.29, 0.717) is 6.61 Å². The van der Waals surface area contributed by atoms with Crippen molar-refractivity contribution in [3.05, 3.63) is 0 Å². The maximum absolute atomic E-state index is 9.62. The summed E-state index contributed by atoms with van der Waals surface area (Å²) in [4.78, 5) is 2.26. The smallest absolute Gasteiger partial charge is 0.0753 e. The molecule has 0 spiro atoms. The fourth-order valence-electron chi connectivity index (χ4n) is 2.37. The molecule has 1 aliphatic heterocycles. The molecule has 0 aromatic carbocycles. The van der Waals surface area contributed by atoms with E-state index in [1.807, 2.05) is 0 Å². The number of nitrogens with zero attached hydrogens (tertiary/aromatic N) is 1. The van der Waals surface area contributed by atoms with Crippen LogP contribution in [0.5, 0.6) is 0 Å². The highest BCUT2D eigenvalue weighted by molar-refractivity contribution is 4.93. The first-order chi connectivity index (χ1) is 7.67. The number of aliphatic hydroxyl groups excluding tert-OH is 1. The van der Waals surface area contributed by atoms with Gasteiger partial charge >= 0.3 is 0 Å². The second-order valence-corrected chi connectivity index (χ2v) is 6.72. The molecule has 0 aliphatic carbocycles. The molecule has 1 saturated heterocycles.